The van der Waals surface area contributed by atoms with Gasteiger partial charge in [-0.15, -0.1) is 0 Å². The summed E-state index contributed by atoms with van der Waals surface area (Å²) in [4.78, 5) is 6.04. The van der Waals surface area contributed by atoms with Crippen molar-refractivity contribution in [3.8, 4) is 0 Å². The van der Waals surface area contributed by atoms with Gasteiger partial charge >= 0.3 is 0 Å². The average molecular weight is 138 g/mol. The van der Waals surface area contributed by atoms with E-state index in [-0.39, 0.29) is 0 Å². The van der Waals surface area contributed by atoms with Gasteiger partial charge in [0, 0.05) is 20.3 Å². The first kappa shape index (κ1) is 8.95. The summed E-state index contributed by atoms with van der Waals surface area (Å²) in [5.74, 6) is 0.914. The highest BCUT2D eigenvalue weighted by molar-refractivity contribution is 5.55. The molecule has 0 N–H and O–H groups in total. The zero-order valence-electron chi connectivity index (χ0n) is 6.83. The summed E-state index contributed by atoms with van der Waals surface area (Å²) >= 11 is 0. The fraction of sp³-hybridized carbons (Fsp3) is 0.375. The topological polar surface area (TPSA) is 15.6 Å². The highest BCUT2D eigenvalue weighted by atomic mass is 15.2. The number of nitrogens with zero attached hydrogens (tertiary/aromatic N) is 2. The highest BCUT2D eigenvalue weighted by Crippen LogP contribution is 1.98. The molecule has 0 fully saturated rings. The minimum Gasteiger partial charge on any atom is -0.363 e. The smallest absolute Gasteiger partial charge is 0.127 e. The van der Waals surface area contributed by atoms with Gasteiger partial charge in [0.1, 0.15) is 5.82 Å². The van der Waals surface area contributed by atoms with E-state index in [2.05, 4.69) is 11.6 Å². The van der Waals surface area contributed by atoms with Crippen LogP contribution in [-0.2, 0) is 0 Å². The maximum atomic E-state index is 4.10. The molecular weight excluding hydrogens is 124 g/mol. The van der Waals surface area contributed by atoms with Gasteiger partial charge in [-0.05, 0) is 13.0 Å². The van der Waals surface area contributed by atoms with Crippen LogP contribution in [0.5, 0.6) is 0 Å². The van der Waals surface area contributed by atoms with Crippen LogP contribution in [0, 0.1) is 0 Å². The molecule has 10 heavy (non-hydrogen) atoms. The lowest BCUT2D eigenvalue weighted by Gasteiger charge is -2.10. The quantitative estimate of drug-likeness (QED) is 0.428. The highest BCUT2D eigenvalue weighted by Gasteiger charge is 1.90. The maximum Gasteiger partial charge on any atom is 0.127 e. The first-order valence-electron chi connectivity index (χ1n) is 3.21. The van der Waals surface area contributed by atoms with Gasteiger partial charge in [0.15, 0.2) is 0 Å². The van der Waals surface area contributed by atoms with Gasteiger partial charge in [-0.25, -0.2) is 4.99 Å². The van der Waals surface area contributed by atoms with Crippen LogP contribution >= 0.6 is 0 Å². The molecule has 0 amide bonds. The molecule has 0 saturated heterocycles. The summed E-state index contributed by atoms with van der Waals surface area (Å²) in [5, 5.41) is 0. The predicted octanol–water partition coefficient (Wildman–Crippen LogP) is 1.67. The van der Waals surface area contributed by atoms with E-state index in [1.165, 1.54) is 0 Å². The van der Waals surface area contributed by atoms with E-state index in [0.29, 0.717) is 0 Å². The molecule has 56 valence electrons. The van der Waals surface area contributed by atoms with Gasteiger partial charge < -0.3 is 4.90 Å². The molecule has 0 bridgehead atoms. The van der Waals surface area contributed by atoms with Gasteiger partial charge in [0.05, 0.1) is 0 Å². The van der Waals surface area contributed by atoms with Crippen LogP contribution in [0.4, 0.5) is 0 Å². The van der Waals surface area contributed by atoms with Crippen molar-refractivity contribution in [3.63, 3.8) is 0 Å². The van der Waals surface area contributed by atoms with E-state index in [1.54, 1.807) is 12.3 Å². The third-order valence-electron chi connectivity index (χ3n) is 0.986. The predicted molar refractivity (Wildman–Crippen MR) is 46.1 cm³/mol. The van der Waals surface area contributed by atoms with Crippen LogP contribution in [0.15, 0.2) is 29.5 Å². The van der Waals surface area contributed by atoms with Crippen molar-refractivity contribution in [3.05, 3.63) is 24.6 Å². The normalized spacial score (nSPS) is 12.1. The van der Waals surface area contributed by atoms with Crippen LogP contribution < -0.4 is 0 Å². The Morgan fingerprint density at radius 1 is 1.50 bits per heavy atom. The lowest BCUT2D eigenvalue weighted by atomic mass is 10.5. The average Bonchev–Trinajstić information content (AvgIpc) is 1.87. The Hall–Kier alpha value is -1.05. The summed E-state index contributed by atoms with van der Waals surface area (Å²) in [6.07, 6.45) is 5.34. The number of allylic oxidation sites excluding steroid dienone is 2. The second kappa shape index (κ2) is 4.79. The first-order valence-corrected chi connectivity index (χ1v) is 3.21. The fourth-order valence-electron chi connectivity index (χ4n) is 0.545. The molecule has 0 heterocycles. The first-order chi connectivity index (χ1) is 4.72. The van der Waals surface area contributed by atoms with E-state index >= 15 is 0 Å². The lowest BCUT2D eigenvalue weighted by molar-refractivity contribution is 0.507. The molecule has 0 aromatic carbocycles. The maximum absolute atomic E-state index is 4.10. The van der Waals surface area contributed by atoms with E-state index < -0.39 is 0 Å². The molecule has 0 aliphatic carbocycles. The second-order valence-corrected chi connectivity index (χ2v) is 2.04. The van der Waals surface area contributed by atoms with E-state index in [1.807, 2.05) is 32.0 Å². The zero-order chi connectivity index (χ0) is 7.98. The number of rotatable bonds is 3. The van der Waals surface area contributed by atoms with Crippen molar-refractivity contribution >= 4 is 6.21 Å². The molecule has 2 nitrogen and oxygen atoms in total. The van der Waals surface area contributed by atoms with Gasteiger partial charge in [-0.1, -0.05) is 12.7 Å². The molecule has 0 aliphatic rings. The van der Waals surface area contributed by atoms with E-state index in [4.69, 9.17) is 0 Å². The third kappa shape index (κ3) is 3.07. The number of hydrogen-bond acceptors (Lipinski definition) is 2. The summed E-state index contributed by atoms with van der Waals surface area (Å²) in [6, 6.07) is 0. The van der Waals surface area contributed by atoms with Gasteiger partial charge in [-0.3, -0.25) is 0 Å². The SMILES string of the molecule is C=C/C=C(\N=C/C)N(C)C. The van der Waals surface area contributed by atoms with Crippen molar-refractivity contribution in [2.75, 3.05) is 14.1 Å². The van der Waals surface area contributed by atoms with E-state index in [0.717, 1.165) is 5.82 Å². The molecule has 2 heteroatoms. The fourth-order valence-corrected chi connectivity index (χ4v) is 0.545. The lowest BCUT2D eigenvalue weighted by Crippen LogP contribution is -2.08. The minimum absolute atomic E-state index is 0.914. The molecule has 0 unspecified atom stereocenters. The van der Waals surface area contributed by atoms with Crippen LogP contribution in [0.1, 0.15) is 6.92 Å². The summed E-state index contributed by atoms with van der Waals surface area (Å²) < 4.78 is 0. The molecule has 0 aromatic heterocycles. The molecule has 0 atom stereocenters. The second-order valence-electron chi connectivity index (χ2n) is 2.04. The largest absolute Gasteiger partial charge is 0.363 e. The van der Waals surface area contributed by atoms with Crippen LogP contribution in [0.3, 0.4) is 0 Å². The summed E-state index contributed by atoms with van der Waals surface area (Å²) in [6.45, 7) is 5.48. The molecule has 0 rings (SSSR count). The van der Waals surface area contributed by atoms with Crippen molar-refractivity contribution < 1.29 is 0 Å². The van der Waals surface area contributed by atoms with Crippen molar-refractivity contribution in [1.82, 2.24) is 4.90 Å². The molecule has 0 spiro atoms. The molecule has 0 saturated carbocycles. The Bertz CT molecular complexity index is 155. The van der Waals surface area contributed by atoms with E-state index in [9.17, 15) is 0 Å². The molecular formula is C8H14N2. The van der Waals surface area contributed by atoms with Crippen LogP contribution in [-0.4, -0.2) is 25.2 Å². The Morgan fingerprint density at radius 2 is 2.10 bits per heavy atom. The standard InChI is InChI=1S/C8H14N2/c1-5-7-8(9-6-2)10(3)4/h5-7H,1H2,2-4H3/b8-7+,9-6-. The van der Waals surface area contributed by atoms with Crippen molar-refractivity contribution in [2.24, 2.45) is 4.99 Å². The Kier molecular flexibility index (Phi) is 4.29. The Labute approximate surface area is 62.6 Å². The number of hydrogen-bond donors (Lipinski definition) is 0. The van der Waals surface area contributed by atoms with Gasteiger partial charge in [0.25, 0.3) is 0 Å². The van der Waals surface area contributed by atoms with Crippen molar-refractivity contribution in [1.29, 1.82) is 0 Å². The molecule has 0 radical (unpaired) electrons. The Morgan fingerprint density at radius 3 is 2.40 bits per heavy atom. The molecule has 0 aliphatic heterocycles. The van der Waals surface area contributed by atoms with Crippen molar-refractivity contribution in [2.45, 2.75) is 6.92 Å². The summed E-state index contributed by atoms with van der Waals surface area (Å²) in [5.41, 5.74) is 0. The van der Waals surface area contributed by atoms with Crippen LogP contribution in [0.2, 0.25) is 0 Å². The Balaban J connectivity index is 4.25. The number of aliphatic imine (C=N–C) groups is 1. The zero-order valence-corrected chi connectivity index (χ0v) is 6.83. The van der Waals surface area contributed by atoms with Gasteiger partial charge in [0.2, 0.25) is 0 Å². The molecule has 0 aromatic rings. The van der Waals surface area contributed by atoms with Gasteiger partial charge in [-0.2, -0.15) is 0 Å². The third-order valence-corrected chi connectivity index (χ3v) is 0.986. The van der Waals surface area contributed by atoms with Crippen LogP contribution in [0.25, 0.3) is 0 Å². The minimum atomic E-state index is 0.914. The monoisotopic (exact) mass is 138 g/mol. The summed E-state index contributed by atoms with van der Waals surface area (Å²) in [7, 11) is 3.89.